The van der Waals surface area contributed by atoms with Crippen molar-refractivity contribution < 1.29 is 14.3 Å². The van der Waals surface area contributed by atoms with Crippen LogP contribution in [0.1, 0.15) is 64.5 Å². The molecule has 0 radical (unpaired) electrons. The van der Waals surface area contributed by atoms with Gasteiger partial charge >= 0.3 is 5.97 Å². The number of fused-ring (bicyclic) bond motifs is 1. The van der Waals surface area contributed by atoms with E-state index >= 15 is 0 Å². The third-order valence-electron chi connectivity index (χ3n) is 5.01. The van der Waals surface area contributed by atoms with E-state index in [4.69, 9.17) is 9.47 Å². The summed E-state index contributed by atoms with van der Waals surface area (Å²) in [5, 5.41) is 2.25. The summed E-state index contributed by atoms with van der Waals surface area (Å²) in [7, 11) is 1.57. The Kier molecular flexibility index (Phi) is 8.11. The summed E-state index contributed by atoms with van der Waals surface area (Å²) in [6.07, 6.45) is 4.52. The number of methoxy groups -OCH3 is 1. The van der Waals surface area contributed by atoms with Crippen molar-refractivity contribution in [3.8, 4) is 0 Å². The maximum atomic E-state index is 12.8. The second-order valence-corrected chi connectivity index (χ2v) is 7.11. The summed E-state index contributed by atoms with van der Waals surface area (Å²) in [5.74, 6) is 0.0800. The number of hydrogen-bond acceptors (Lipinski definition) is 3. The minimum atomic E-state index is -0.683. The SMILES string of the molecule is CCCC[C@H](OC(=O)C(OC)c1ccc2ccccc2c1)[C@@H](C)CCC. The Bertz CT molecular complexity index is 695. The van der Waals surface area contributed by atoms with Crippen LogP contribution in [0.15, 0.2) is 42.5 Å². The lowest BCUT2D eigenvalue weighted by Crippen LogP contribution is -2.29. The van der Waals surface area contributed by atoms with Crippen LogP contribution in [0.4, 0.5) is 0 Å². The maximum absolute atomic E-state index is 12.8. The van der Waals surface area contributed by atoms with E-state index in [2.05, 4.69) is 26.8 Å². The summed E-state index contributed by atoms with van der Waals surface area (Å²) in [6.45, 7) is 6.51. The van der Waals surface area contributed by atoms with E-state index in [-0.39, 0.29) is 12.1 Å². The highest BCUT2D eigenvalue weighted by Crippen LogP contribution is 2.26. The Morgan fingerprint density at radius 3 is 2.38 bits per heavy atom. The third kappa shape index (κ3) is 5.31. The van der Waals surface area contributed by atoms with Crippen molar-refractivity contribution in [3.63, 3.8) is 0 Å². The molecule has 0 fully saturated rings. The van der Waals surface area contributed by atoms with Crippen LogP contribution in [0.2, 0.25) is 0 Å². The number of esters is 1. The molecule has 0 aromatic heterocycles. The van der Waals surface area contributed by atoms with Crippen LogP contribution in [0.25, 0.3) is 10.8 Å². The van der Waals surface area contributed by atoms with Gasteiger partial charge in [0.15, 0.2) is 6.10 Å². The van der Waals surface area contributed by atoms with Gasteiger partial charge < -0.3 is 9.47 Å². The molecule has 0 aliphatic heterocycles. The highest BCUT2D eigenvalue weighted by atomic mass is 16.6. The minimum Gasteiger partial charge on any atom is -0.460 e. The Balaban J connectivity index is 2.16. The van der Waals surface area contributed by atoms with Gasteiger partial charge in [0.2, 0.25) is 0 Å². The smallest absolute Gasteiger partial charge is 0.340 e. The zero-order chi connectivity index (χ0) is 18.9. The zero-order valence-corrected chi connectivity index (χ0v) is 16.5. The summed E-state index contributed by atoms with van der Waals surface area (Å²) in [4.78, 5) is 12.8. The molecule has 3 nitrogen and oxygen atoms in total. The van der Waals surface area contributed by atoms with Crippen LogP contribution in [0.5, 0.6) is 0 Å². The van der Waals surface area contributed by atoms with Crippen LogP contribution >= 0.6 is 0 Å². The fourth-order valence-electron chi connectivity index (χ4n) is 3.46. The van der Waals surface area contributed by atoms with E-state index in [0.29, 0.717) is 5.92 Å². The summed E-state index contributed by atoms with van der Waals surface area (Å²) in [6, 6.07) is 14.1. The molecule has 0 saturated carbocycles. The van der Waals surface area contributed by atoms with Crippen LogP contribution < -0.4 is 0 Å². The van der Waals surface area contributed by atoms with Crippen molar-refractivity contribution in [3.05, 3.63) is 48.0 Å². The molecule has 0 spiro atoms. The number of ether oxygens (including phenoxy) is 2. The monoisotopic (exact) mass is 356 g/mol. The van der Waals surface area contributed by atoms with Crippen molar-refractivity contribution in [2.75, 3.05) is 7.11 Å². The van der Waals surface area contributed by atoms with E-state index in [1.165, 1.54) is 0 Å². The van der Waals surface area contributed by atoms with Crippen molar-refractivity contribution in [2.45, 2.75) is 65.1 Å². The van der Waals surface area contributed by atoms with Crippen molar-refractivity contribution in [2.24, 2.45) is 5.92 Å². The topological polar surface area (TPSA) is 35.5 Å². The van der Waals surface area contributed by atoms with E-state index in [1.807, 2.05) is 36.4 Å². The molecule has 0 aliphatic rings. The van der Waals surface area contributed by atoms with Gasteiger partial charge in [0.05, 0.1) is 0 Å². The molecule has 0 bridgehead atoms. The number of rotatable bonds is 10. The lowest BCUT2D eigenvalue weighted by Gasteiger charge is -2.26. The van der Waals surface area contributed by atoms with E-state index in [1.54, 1.807) is 7.11 Å². The van der Waals surface area contributed by atoms with Crippen molar-refractivity contribution >= 4 is 16.7 Å². The first-order chi connectivity index (χ1) is 12.6. The zero-order valence-electron chi connectivity index (χ0n) is 16.5. The second-order valence-electron chi connectivity index (χ2n) is 7.11. The van der Waals surface area contributed by atoms with Gasteiger partial charge in [0.25, 0.3) is 0 Å². The largest absolute Gasteiger partial charge is 0.460 e. The average molecular weight is 357 g/mol. The Morgan fingerprint density at radius 2 is 1.73 bits per heavy atom. The molecule has 3 heteroatoms. The molecule has 2 aromatic carbocycles. The standard InChI is InChI=1S/C23H32O3/c1-5-7-13-21(17(3)10-6-2)26-23(24)22(25-4)20-15-14-18-11-8-9-12-19(18)16-20/h8-9,11-12,14-17,21-22H,5-7,10,13H2,1-4H3/t17-,21-,22?/m0/s1. The average Bonchev–Trinajstić information content (AvgIpc) is 2.65. The normalized spacial score (nSPS) is 14.8. The number of unbranched alkanes of at least 4 members (excludes halogenated alkanes) is 1. The van der Waals surface area contributed by atoms with E-state index in [9.17, 15) is 4.79 Å². The summed E-state index contributed by atoms with van der Waals surface area (Å²) < 4.78 is 11.4. The molecule has 26 heavy (non-hydrogen) atoms. The van der Waals surface area contributed by atoms with Gasteiger partial charge in [-0.25, -0.2) is 4.79 Å². The molecule has 0 saturated heterocycles. The molecule has 0 heterocycles. The van der Waals surface area contributed by atoms with Gasteiger partial charge in [-0.05, 0) is 41.2 Å². The number of benzene rings is 2. The second kappa shape index (κ2) is 10.3. The molecule has 0 N–H and O–H groups in total. The Labute approximate surface area is 157 Å². The Hall–Kier alpha value is -1.87. The molecule has 2 aromatic rings. The lowest BCUT2D eigenvalue weighted by molar-refractivity contribution is -0.164. The first-order valence-electron chi connectivity index (χ1n) is 9.82. The van der Waals surface area contributed by atoms with Gasteiger partial charge in [0.1, 0.15) is 6.10 Å². The molecule has 0 amide bonds. The molecular formula is C23H32O3. The number of carbonyl (C=O) groups is 1. The predicted molar refractivity (Wildman–Crippen MR) is 107 cm³/mol. The van der Waals surface area contributed by atoms with Crippen LogP contribution in [0.3, 0.4) is 0 Å². The highest BCUT2D eigenvalue weighted by Gasteiger charge is 2.27. The van der Waals surface area contributed by atoms with Crippen LogP contribution in [-0.4, -0.2) is 19.2 Å². The molecule has 3 atom stereocenters. The van der Waals surface area contributed by atoms with Crippen molar-refractivity contribution in [1.82, 2.24) is 0 Å². The van der Waals surface area contributed by atoms with Gasteiger partial charge in [0, 0.05) is 7.11 Å². The lowest BCUT2D eigenvalue weighted by atomic mass is 9.95. The summed E-state index contributed by atoms with van der Waals surface area (Å²) in [5.41, 5.74) is 0.841. The van der Waals surface area contributed by atoms with E-state index in [0.717, 1.165) is 48.4 Å². The molecular weight excluding hydrogens is 324 g/mol. The molecule has 2 rings (SSSR count). The highest BCUT2D eigenvalue weighted by molar-refractivity contribution is 5.85. The van der Waals surface area contributed by atoms with Gasteiger partial charge in [-0.15, -0.1) is 0 Å². The fraction of sp³-hybridized carbons (Fsp3) is 0.522. The number of hydrogen-bond donors (Lipinski definition) is 0. The first kappa shape index (κ1) is 20.4. The van der Waals surface area contributed by atoms with Crippen LogP contribution in [-0.2, 0) is 14.3 Å². The molecule has 0 aliphatic carbocycles. The molecule has 142 valence electrons. The minimum absolute atomic E-state index is 0.0412. The summed E-state index contributed by atoms with van der Waals surface area (Å²) >= 11 is 0. The van der Waals surface area contributed by atoms with Gasteiger partial charge in [-0.1, -0.05) is 76.4 Å². The third-order valence-corrected chi connectivity index (χ3v) is 5.01. The van der Waals surface area contributed by atoms with Gasteiger partial charge in [-0.2, -0.15) is 0 Å². The quantitative estimate of drug-likeness (QED) is 0.485. The van der Waals surface area contributed by atoms with Crippen molar-refractivity contribution in [1.29, 1.82) is 0 Å². The predicted octanol–water partition coefficient (Wildman–Crippen LogP) is 6.07. The first-order valence-corrected chi connectivity index (χ1v) is 9.82. The van der Waals surface area contributed by atoms with E-state index < -0.39 is 6.10 Å². The van der Waals surface area contributed by atoms with Crippen LogP contribution in [0, 0.1) is 5.92 Å². The fourth-order valence-corrected chi connectivity index (χ4v) is 3.46. The molecule has 1 unspecified atom stereocenters. The number of carbonyl (C=O) groups excluding carboxylic acids is 1. The Morgan fingerprint density at radius 1 is 1.00 bits per heavy atom. The maximum Gasteiger partial charge on any atom is 0.340 e. The van der Waals surface area contributed by atoms with Gasteiger partial charge in [-0.3, -0.25) is 0 Å².